The van der Waals surface area contributed by atoms with Gasteiger partial charge in [0.2, 0.25) is 0 Å². The second-order valence-electron chi connectivity index (χ2n) is 5.87. The Morgan fingerprint density at radius 3 is 2.55 bits per heavy atom. The fourth-order valence-corrected chi connectivity index (χ4v) is 3.37. The zero-order valence-electron chi connectivity index (χ0n) is 12.5. The monoisotopic (exact) mass is 294 g/mol. The van der Waals surface area contributed by atoms with Crippen LogP contribution in [0.25, 0.3) is 0 Å². The molecule has 1 aromatic carbocycles. The first kappa shape index (κ1) is 15.0. The molecule has 1 aliphatic rings. The van der Waals surface area contributed by atoms with Gasteiger partial charge in [-0.2, -0.15) is 0 Å². The number of carbonyl (C=O) groups is 1. The third kappa shape index (κ3) is 3.60. The Hall–Kier alpha value is -1.36. The SMILES string of the molecule is COc1ccc([C@@H]2SCCN2C(=O)NC(C)(C)C)cc1. The predicted octanol–water partition coefficient (Wildman–Crippen LogP) is 3.25. The number of amides is 2. The van der Waals surface area contributed by atoms with Crippen LogP contribution < -0.4 is 10.1 Å². The van der Waals surface area contributed by atoms with Crippen LogP contribution >= 0.6 is 11.8 Å². The summed E-state index contributed by atoms with van der Waals surface area (Å²) >= 11 is 1.80. The molecular weight excluding hydrogens is 272 g/mol. The zero-order chi connectivity index (χ0) is 14.8. The number of thioether (sulfide) groups is 1. The van der Waals surface area contributed by atoms with Crippen molar-refractivity contribution in [1.29, 1.82) is 0 Å². The van der Waals surface area contributed by atoms with E-state index in [-0.39, 0.29) is 16.9 Å². The van der Waals surface area contributed by atoms with Gasteiger partial charge in [-0.05, 0) is 38.5 Å². The normalized spacial score (nSPS) is 19.0. The number of nitrogens with zero attached hydrogens (tertiary/aromatic N) is 1. The highest BCUT2D eigenvalue weighted by atomic mass is 32.2. The molecule has 5 heteroatoms. The maximum atomic E-state index is 12.3. The minimum absolute atomic E-state index is 0.00307. The number of methoxy groups -OCH3 is 1. The molecule has 1 saturated heterocycles. The summed E-state index contributed by atoms with van der Waals surface area (Å²) in [6, 6.07) is 7.93. The second-order valence-corrected chi connectivity index (χ2v) is 7.06. The second kappa shape index (κ2) is 5.95. The molecule has 110 valence electrons. The molecule has 2 rings (SSSR count). The minimum atomic E-state index is -0.213. The van der Waals surface area contributed by atoms with Gasteiger partial charge in [0.05, 0.1) is 7.11 Å². The van der Waals surface area contributed by atoms with Crippen molar-refractivity contribution in [3.63, 3.8) is 0 Å². The lowest BCUT2D eigenvalue weighted by Gasteiger charge is -2.29. The average molecular weight is 294 g/mol. The van der Waals surface area contributed by atoms with Gasteiger partial charge in [0, 0.05) is 17.8 Å². The van der Waals surface area contributed by atoms with Crippen LogP contribution in [0.5, 0.6) is 5.75 Å². The highest BCUT2D eigenvalue weighted by Crippen LogP contribution is 2.38. The molecule has 1 N–H and O–H groups in total. The van der Waals surface area contributed by atoms with Crippen LogP contribution in [0.4, 0.5) is 4.79 Å². The molecule has 2 amide bonds. The van der Waals surface area contributed by atoms with Crippen molar-refractivity contribution in [3.8, 4) is 5.75 Å². The third-order valence-corrected chi connectivity index (χ3v) is 4.30. The molecule has 0 bridgehead atoms. The predicted molar refractivity (Wildman–Crippen MR) is 83.2 cm³/mol. The summed E-state index contributed by atoms with van der Waals surface area (Å²) in [5.41, 5.74) is 0.923. The molecule has 0 aromatic heterocycles. The molecule has 1 heterocycles. The maximum Gasteiger partial charge on any atom is 0.319 e. The number of urea groups is 1. The Bertz CT molecular complexity index is 468. The summed E-state index contributed by atoms with van der Waals surface area (Å²) in [7, 11) is 1.66. The van der Waals surface area contributed by atoms with Gasteiger partial charge in [-0.3, -0.25) is 0 Å². The first-order valence-corrected chi connectivity index (χ1v) is 7.80. The van der Waals surface area contributed by atoms with E-state index in [4.69, 9.17) is 4.74 Å². The summed E-state index contributed by atoms with van der Waals surface area (Å²) < 4.78 is 5.17. The lowest BCUT2D eigenvalue weighted by molar-refractivity contribution is 0.191. The van der Waals surface area contributed by atoms with Gasteiger partial charge in [0.1, 0.15) is 11.1 Å². The number of benzene rings is 1. The van der Waals surface area contributed by atoms with Crippen LogP contribution in [0.15, 0.2) is 24.3 Å². The van der Waals surface area contributed by atoms with Crippen molar-refractivity contribution in [1.82, 2.24) is 10.2 Å². The van der Waals surface area contributed by atoms with Crippen molar-refractivity contribution in [3.05, 3.63) is 29.8 Å². The van der Waals surface area contributed by atoms with E-state index in [1.54, 1.807) is 18.9 Å². The lowest BCUT2D eigenvalue weighted by Crippen LogP contribution is -2.48. The van der Waals surface area contributed by atoms with Gasteiger partial charge in [0.25, 0.3) is 0 Å². The molecule has 1 aromatic rings. The van der Waals surface area contributed by atoms with E-state index < -0.39 is 0 Å². The average Bonchev–Trinajstić information content (AvgIpc) is 2.86. The van der Waals surface area contributed by atoms with Crippen LogP contribution in [0, 0.1) is 0 Å². The third-order valence-electron chi connectivity index (χ3n) is 3.03. The summed E-state index contributed by atoms with van der Waals surface area (Å²) in [5, 5.41) is 3.12. The standard InChI is InChI=1S/C15H22N2O2S/c1-15(2,3)16-14(18)17-9-10-20-13(17)11-5-7-12(19-4)8-6-11/h5-8,13H,9-10H2,1-4H3,(H,16,18)/t13-/m0/s1. The zero-order valence-corrected chi connectivity index (χ0v) is 13.3. The Morgan fingerprint density at radius 1 is 1.35 bits per heavy atom. The number of nitrogens with one attached hydrogen (secondary N) is 1. The molecule has 1 fully saturated rings. The maximum absolute atomic E-state index is 12.3. The molecule has 1 atom stereocenters. The number of hydrogen-bond acceptors (Lipinski definition) is 3. The highest BCUT2D eigenvalue weighted by molar-refractivity contribution is 7.99. The quantitative estimate of drug-likeness (QED) is 0.910. The van der Waals surface area contributed by atoms with Gasteiger partial charge < -0.3 is 15.0 Å². The summed E-state index contributed by atoms with van der Waals surface area (Å²) in [6.45, 7) is 6.77. The van der Waals surface area contributed by atoms with Crippen molar-refractivity contribution in [2.75, 3.05) is 19.4 Å². The number of ether oxygens (including phenoxy) is 1. The molecular formula is C15H22N2O2S. The van der Waals surface area contributed by atoms with Crippen molar-refractivity contribution >= 4 is 17.8 Å². The largest absolute Gasteiger partial charge is 0.497 e. The number of rotatable bonds is 2. The Kier molecular flexibility index (Phi) is 4.48. The van der Waals surface area contributed by atoms with Crippen molar-refractivity contribution in [2.45, 2.75) is 31.7 Å². The molecule has 0 saturated carbocycles. The molecule has 0 unspecified atom stereocenters. The van der Waals surface area contributed by atoms with Gasteiger partial charge in [-0.1, -0.05) is 12.1 Å². The van der Waals surface area contributed by atoms with E-state index in [0.29, 0.717) is 0 Å². The van der Waals surface area contributed by atoms with Crippen LogP contribution in [-0.4, -0.2) is 35.9 Å². The summed E-state index contributed by atoms with van der Waals surface area (Å²) in [5.74, 6) is 1.80. The van der Waals surface area contributed by atoms with E-state index >= 15 is 0 Å². The fraction of sp³-hybridized carbons (Fsp3) is 0.533. The minimum Gasteiger partial charge on any atom is -0.497 e. The van der Waals surface area contributed by atoms with Crippen molar-refractivity contribution < 1.29 is 9.53 Å². The molecule has 1 aliphatic heterocycles. The first-order chi connectivity index (χ1) is 9.40. The molecule has 0 spiro atoms. The van der Waals surface area contributed by atoms with Gasteiger partial charge in [0.15, 0.2) is 0 Å². The smallest absolute Gasteiger partial charge is 0.319 e. The Labute approximate surface area is 124 Å². The highest BCUT2D eigenvalue weighted by Gasteiger charge is 2.32. The molecule has 0 radical (unpaired) electrons. The van der Waals surface area contributed by atoms with Gasteiger partial charge >= 0.3 is 6.03 Å². The van der Waals surface area contributed by atoms with E-state index in [0.717, 1.165) is 23.6 Å². The van der Waals surface area contributed by atoms with Crippen LogP contribution in [0.1, 0.15) is 31.7 Å². The van der Waals surface area contributed by atoms with E-state index in [1.807, 2.05) is 49.9 Å². The Balaban J connectivity index is 2.12. The molecule has 20 heavy (non-hydrogen) atoms. The first-order valence-electron chi connectivity index (χ1n) is 6.75. The fourth-order valence-electron chi connectivity index (χ4n) is 2.12. The van der Waals surface area contributed by atoms with Gasteiger partial charge in [-0.25, -0.2) is 4.79 Å². The van der Waals surface area contributed by atoms with E-state index in [1.165, 1.54) is 0 Å². The number of hydrogen-bond donors (Lipinski definition) is 1. The van der Waals surface area contributed by atoms with E-state index in [2.05, 4.69) is 5.32 Å². The molecule has 4 nitrogen and oxygen atoms in total. The van der Waals surface area contributed by atoms with Gasteiger partial charge in [-0.15, -0.1) is 11.8 Å². The Morgan fingerprint density at radius 2 is 2.00 bits per heavy atom. The lowest BCUT2D eigenvalue weighted by atomic mass is 10.1. The van der Waals surface area contributed by atoms with Crippen LogP contribution in [-0.2, 0) is 0 Å². The van der Waals surface area contributed by atoms with Crippen molar-refractivity contribution in [2.24, 2.45) is 0 Å². The molecule has 0 aliphatic carbocycles. The van der Waals surface area contributed by atoms with E-state index in [9.17, 15) is 4.79 Å². The topological polar surface area (TPSA) is 41.6 Å². The van der Waals surface area contributed by atoms with Crippen LogP contribution in [0.2, 0.25) is 0 Å². The summed E-state index contributed by atoms with van der Waals surface area (Å²) in [6.07, 6.45) is 0. The van der Waals surface area contributed by atoms with Crippen LogP contribution in [0.3, 0.4) is 0 Å². The number of carbonyl (C=O) groups excluding carboxylic acids is 1. The summed E-state index contributed by atoms with van der Waals surface area (Å²) in [4.78, 5) is 14.2.